The van der Waals surface area contributed by atoms with E-state index in [1.807, 2.05) is 56.0 Å². The van der Waals surface area contributed by atoms with Gasteiger partial charge in [-0.15, -0.1) is 10.2 Å². The highest BCUT2D eigenvalue weighted by Gasteiger charge is 2.36. The van der Waals surface area contributed by atoms with Crippen LogP contribution < -0.4 is 0 Å². The number of rotatable bonds is 3. The number of hydrogen-bond acceptors (Lipinski definition) is 5. The molecule has 4 rings (SSSR count). The van der Waals surface area contributed by atoms with Gasteiger partial charge in [0.2, 0.25) is 5.91 Å². The summed E-state index contributed by atoms with van der Waals surface area (Å²) in [6.45, 7) is 7.82. The predicted octanol–water partition coefficient (Wildman–Crippen LogP) is 2.94. The van der Waals surface area contributed by atoms with Gasteiger partial charge in [-0.1, -0.05) is 30.3 Å². The maximum atomic E-state index is 13.0. The average molecular weight is 412 g/mol. The topological polar surface area (TPSA) is 80.6 Å². The zero-order chi connectivity index (χ0) is 21.3. The second-order valence-corrected chi connectivity index (χ2v) is 8.94. The molecule has 3 heterocycles. The zero-order valence-electron chi connectivity index (χ0n) is 17.9. The van der Waals surface area contributed by atoms with E-state index in [1.54, 1.807) is 4.90 Å². The molecule has 0 spiro atoms. The number of carbonyl (C=O) groups excluding carboxylic acids is 2. The molecule has 0 N–H and O–H groups in total. The maximum Gasteiger partial charge on any atom is 0.410 e. The molecule has 1 aromatic carbocycles. The monoisotopic (exact) mass is 411 g/mol. The van der Waals surface area contributed by atoms with E-state index in [0.717, 1.165) is 36.6 Å². The molecule has 2 aliphatic rings. The van der Waals surface area contributed by atoms with Gasteiger partial charge in [0.15, 0.2) is 11.6 Å². The summed E-state index contributed by atoms with van der Waals surface area (Å²) < 4.78 is 7.55. The third-order valence-corrected chi connectivity index (χ3v) is 5.50. The van der Waals surface area contributed by atoms with Crippen LogP contribution in [0.2, 0.25) is 0 Å². The first kappa shape index (κ1) is 20.4. The summed E-state index contributed by atoms with van der Waals surface area (Å²) in [6, 6.07) is 9.76. The van der Waals surface area contributed by atoms with Crippen LogP contribution in [0.5, 0.6) is 0 Å². The van der Waals surface area contributed by atoms with Gasteiger partial charge in [0.05, 0.1) is 19.0 Å². The highest BCUT2D eigenvalue weighted by molar-refractivity contribution is 5.79. The Hall–Kier alpha value is -2.90. The number of hydrogen-bond donors (Lipinski definition) is 0. The molecule has 2 aliphatic heterocycles. The van der Waals surface area contributed by atoms with Crippen LogP contribution in [0.1, 0.15) is 56.9 Å². The fourth-order valence-electron chi connectivity index (χ4n) is 4.11. The van der Waals surface area contributed by atoms with Gasteiger partial charge in [-0.05, 0) is 39.2 Å². The van der Waals surface area contributed by atoms with Crippen LogP contribution >= 0.6 is 0 Å². The van der Waals surface area contributed by atoms with E-state index in [9.17, 15) is 9.59 Å². The fraction of sp³-hybridized carbons (Fsp3) is 0.545. The Labute approximate surface area is 176 Å². The molecule has 8 nitrogen and oxygen atoms in total. The van der Waals surface area contributed by atoms with Crippen molar-refractivity contribution in [3.63, 3.8) is 0 Å². The first-order chi connectivity index (χ1) is 14.3. The Morgan fingerprint density at radius 2 is 1.87 bits per heavy atom. The minimum atomic E-state index is -0.531. The number of likely N-dealkylation sites (tertiary alicyclic amines) is 1. The summed E-state index contributed by atoms with van der Waals surface area (Å²) in [7, 11) is 0. The van der Waals surface area contributed by atoms with Crippen molar-refractivity contribution < 1.29 is 14.3 Å². The van der Waals surface area contributed by atoms with Gasteiger partial charge in [0.25, 0.3) is 0 Å². The quantitative estimate of drug-likeness (QED) is 0.776. The lowest BCUT2D eigenvalue weighted by Gasteiger charge is -2.31. The molecule has 0 saturated carbocycles. The van der Waals surface area contributed by atoms with Gasteiger partial charge >= 0.3 is 6.09 Å². The molecule has 1 aromatic heterocycles. The SMILES string of the molecule is CC(C)(C)OC(=O)N1CCn2c(nnc2[C@@H]2CCCN2C(=O)Cc2ccccc2)C1. The number of fused-ring (bicyclic) bond motifs is 1. The van der Waals surface area contributed by atoms with Crippen molar-refractivity contribution in [1.29, 1.82) is 0 Å². The van der Waals surface area contributed by atoms with Crippen LogP contribution in [0.25, 0.3) is 0 Å². The van der Waals surface area contributed by atoms with Crippen LogP contribution in [0.15, 0.2) is 30.3 Å². The normalized spacial score (nSPS) is 19.0. The molecule has 0 radical (unpaired) electrons. The first-order valence-corrected chi connectivity index (χ1v) is 10.5. The van der Waals surface area contributed by atoms with E-state index >= 15 is 0 Å². The van der Waals surface area contributed by atoms with E-state index in [4.69, 9.17) is 4.74 Å². The van der Waals surface area contributed by atoms with E-state index in [-0.39, 0.29) is 18.0 Å². The number of amides is 2. The zero-order valence-corrected chi connectivity index (χ0v) is 17.9. The number of aromatic nitrogens is 3. The van der Waals surface area contributed by atoms with E-state index in [2.05, 4.69) is 14.8 Å². The van der Waals surface area contributed by atoms with Crippen molar-refractivity contribution >= 4 is 12.0 Å². The molecule has 1 atom stereocenters. The third-order valence-electron chi connectivity index (χ3n) is 5.50. The molecule has 0 bridgehead atoms. The minimum absolute atomic E-state index is 0.0597. The van der Waals surface area contributed by atoms with Gasteiger partial charge in [-0.25, -0.2) is 4.79 Å². The van der Waals surface area contributed by atoms with Gasteiger partial charge < -0.3 is 14.2 Å². The lowest BCUT2D eigenvalue weighted by molar-refractivity contribution is -0.131. The number of ether oxygens (including phenoxy) is 1. The molecule has 0 unspecified atom stereocenters. The molecule has 1 saturated heterocycles. The Balaban J connectivity index is 1.47. The Kier molecular flexibility index (Phi) is 5.49. The van der Waals surface area contributed by atoms with Crippen molar-refractivity contribution in [2.24, 2.45) is 0 Å². The average Bonchev–Trinajstić information content (AvgIpc) is 3.33. The van der Waals surface area contributed by atoms with Crippen molar-refractivity contribution in [2.75, 3.05) is 13.1 Å². The summed E-state index contributed by atoms with van der Waals surface area (Å²) in [4.78, 5) is 29.0. The second kappa shape index (κ2) is 8.08. The summed E-state index contributed by atoms with van der Waals surface area (Å²) in [5, 5.41) is 8.76. The van der Waals surface area contributed by atoms with Crippen molar-refractivity contribution in [3.05, 3.63) is 47.5 Å². The standard InChI is InChI=1S/C22H29N5O3/c1-22(2,3)30-21(29)25-12-13-27-18(15-25)23-24-20(27)17-10-7-11-26(17)19(28)14-16-8-5-4-6-9-16/h4-6,8-9,17H,7,10-15H2,1-3H3/t17-/m0/s1. The van der Waals surface area contributed by atoms with Crippen LogP contribution in [0.4, 0.5) is 4.79 Å². The van der Waals surface area contributed by atoms with Gasteiger partial charge in [0, 0.05) is 19.6 Å². The smallest absolute Gasteiger partial charge is 0.410 e. The summed E-state index contributed by atoms with van der Waals surface area (Å²) in [6.07, 6.45) is 1.90. The predicted molar refractivity (Wildman–Crippen MR) is 111 cm³/mol. The largest absolute Gasteiger partial charge is 0.444 e. The molecule has 1 fully saturated rings. The van der Waals surface area contributed by atoms with Crippen molar-refractivity contribution in [2.45, 2.75) is 64.8 Å². The first-order valence-electron chi connectivity index (χ1n) is 10.5. The Morgan fingerprint density at radius 1 is 1.10 bits per heavy atom. The van der Waals surface area contributed by atoms with Gasteiger partial charge in [-0.3, -0.25) is 9.69 Å². The third kappa shape index (κ3) is 4.32. The van der Waals surface area contributed by atoms with Crippen LogP contribution in [-0.2, 0) is 29.0 Å². The molecule has 30 heavy (non-hydrogen) atoms. The van der Waals surface area contributed by atoms with Crippen LogP contribution in [0.3, 0.4) is 0 Å². The summed E-state index contributed by atoms with van der Waals surface area (Å²) >= 11 is 0. The van der Waals surface area contributed by atoms with Crippen molar-refractivity contribution in [3.8, 4) is 0 Å². The van der Waals surface area contributed by atoms with E-state index in [1.165, 1.54) is 0 Å². The Morgan fingerprint density at radius 3 is 2.60 bits per heavy atom. The molecule has 2 amide bonds. The maximum absolute atomic E-state index is 13.0. The summed E-state index contributed by atoms with van der Waals surface area (Å²) in [5.41, 5.74) is 0.487. The van der Waals surface area contributed by atoms with E-state index < -0.39 is 5.60 Å². The lowest BCUT2D eigenvalue weighted by atomic mass is 10.1. The molecule has 0 aliphatic carbocycles. The summed E-state index contributed by atoms with van der Waals surface area (Å²) in [5.74, 6) is 1.68. The van der Waals surface area contributed by atoms with Crippen LogP contribution in [-0.4, -0.2) is 55.3 Å². The molecule has 8 heteroatoms. The highest BCUT2D eigenvalue weighted by atomic mass is 16.6. The second-order valence-electron chi connectivity index (χ2n) is 8.94. The van der Waals surface area contributed by atoms with E-state index in [0.29, 0.717) is 26.1 Å². The lowest BCUT2D eigenvalue weighted by Crippen LogP contribution is -2.42. The molecular weight excluding hydrogens is 382 g/mol. The highest BCUT2D eigenvalue weighted by Crippen LogP contribution is 2.32. The molecule has 160 valence electrons. The van der Waals surface area contributed by atoms with Crippen LogP contribution in [0, 0.1) is 0 Å². The number of carbonyl (C=O) groups is 2. The molecule has 2 aromatic rings. The fourth-order valence-corrected chi connectivity index (χ4v) is 4.11. The molecular formula is C22H29N5O3. The Bertz CT molecular complexity index is 919. The van der Waals surface area contributed by atoms with Gasteiger partial charge in [0.1, 0.15) is 5.60 Å². The number of nitrogens with zero attached hydrogens (tertiary/aromatic N) is 5. The minimum Gasteiger partial charge on any atom is -0.444 e. The van der Waals surface area contributed by atoms with Gasteiger partial charge in [-0.2, -0.15) is 0 Å². The number of benzene rings is 1. The van der Waals surface area contributed by atoms with Crippen molar-refractivity contribution in [1.82, 2.24) is 24.6 Å².